The molecule has 1 saturated heterocycles. The second kappa shape index (κ2) is 8.03. The van der Waals surface area contributed by atoms with Gasteiger partial charge >= 0.3 is 5.97 Å². The molecule has 7 nitrogen and oxygen atoms in total. The Labute approximate surface area is 170 Å². The zero-order chi connectivity index (χ0) is 20.4. The number of hydrogen-bond acceptors (Lipinski definition) is 7. The molecule has 0 unspecified atom stereocenters. The predicted octanol–water partition coefficient (Wildman–Crippen LogP) is 3.14. The van der Waals surface area contributed by atoms with Gasteiger partial charge in [-0.25, -0.2) is 14.8 Å². The lowest BCUT2D eigenvalue weighted by atomic mass is 10.0. The number of hydrogen-bond donors (Lipinski definition) is 0. The van der Waals surface area contributed by atoms with Crippen LogP contribution in [0.25, 0.3) is 10.9 Å². The van der Waals surface area contributed by atoms with Crippen molar-refractivity contribution in [3.63, 3.8) is 0 Å². The number of rotatable bonds is 4. The Bertz CT molecular complexity index is 1040. The van der Waals surface area contributed by atoms with Crippen LogP contribution in [0.3, 0.4) is 0 Å². The van der Waals surface area contributed by atoms with Gasteiger partial charge in [0.2, 0.25) is 0 Å². The Balaban J connectivity index is 1.68. The van der Waals surface area contributed by atoms with Crippen molar-refractivity contribution in [2.24, 2.45) is 0 Å². The van der Waals surface area contributed by atoms with E-state index in [2.05, 4.69) is 37.7 Å². The molecule has 0 aliphatic carbocycles. The molecule has 3 heterocycles. The molecule has 0 saturated carbocycles. The third-order valence-corrected chi connectivity index (χ3v) is 5.17. The minimum atomic E-state index is -0.327. The van der Waals surface area contributed by atoms with Gasteiger partial charge in [-0.05, 0) is 39.0 Å². The summed E-state index contributed by atoms with van der Waals surface area (Å²) in [7, 11) is 0. The van der Waals surface area contributed by atoms with Gasteiger partial charge in [-0.3, -0.25) is 4.98 Å². The molecule has 0 bridgehead atoms. The van der Waals surface area contributed by atoms with E-state index in [-0.39, 0.29) is 5.97 Å². The van der Waals surface area contributed by atoms with E-state index in [0.29, 0.717) is 12.2 Å². The van der Waals surface area contributed by atoms with Crippen molar-refractivity contribution in [2.75, 3.05) is 42.6 Å². The monoisotopic (exact) mass is 391 g/mol. The molecule has 1 aliphatic rings. The number of anilines is 2. The molecule has 1 aliphatic heterocycles. The summed E-state index contributed by atoms with van der Waals surface area (Å²) in [5.41, 5.74) is 3.45. The summed E-state index contributed by atoms with van der Waals surface area (Å²) in [5, 5.41) is 0.988. The summed E-state index contributed by atoms with van der Waals surface area (Å²) in [5.74, 6) is 1.38. The number of nitrogens with zero attached hydrogens (tertiary/aromatic N) is 5. The Morgan fingerprint density at radius 1 is 1.07 bits per heavy atom. The van der Waals surface area contributed by atoms with Crippen LogP contribution in [0.1, 0.15) is 28.7 Å². The lowest BCUT2D eigenvalue weighted by molar-refractivity contribution is 0.0527. The van der Waals surface area contributed by atoms with Gasteiger partial charge in [0, 0.05) is 44.0 Å². The number of aromatic nitrogens is 3. The average molecular weight is 391 g/mol. The summed E-state index contributed by atoms with van der Waals surface area (Å²) >= 11 is 0. The van der Waals surface area contributed by atoms with Gasteiger partial charge in [-0.1, -0.05) is 11.6 Å². The Morgan fingerprint density at radius 2 is 1.83 bits per heavy atom. The molecule has 1 aromatic carbocycles. The standard InChI is InChI=1S/C22H25N5O2/c1-4-29-22(28)18-14-24-19-6-5-15(2)13-17(19)21(18)27-11-9-26(10-12-27)20-7-8-23-16(3)25-20/h5-8,13-14H,4,9-12H2,1-3H3. The van der Waals surface area contributed by atoms with Crippen molar-refractivity contribution in [2.45, 2.75) is 20.8 Å². The number of carbonyl (C=O) groups is 1. The first kappa shape index (κ1) is 19.1. The number of ether oxygens (including phenoxy) is 1. The van der Waals surface area contributed by atoms with E-state index < -0.39 is 0 Å². The molecule has 0 N–H and O–H groups in total. The van der Waals surface area contributed by atoms with E-state index in [9.17, 15) is 4.79 Å². The Kier molecular flexibility index (Phi) is 5.29. The molecule has 3 aromatic rings. The minimum absolute atomic E-state index is 0.327. The first-order valence-corrected chi connectivity index (χ1v) is 9.93. The minimum Gasteiger partial charge on any atom is -0.462 e. The first-order valence-electron chi connectivity index (χ1n) is 9.93. The maximum absolute atomic E-state index is 12.6. The summed E-state index contributed by atoms with van der Waals surface area (Å²) in [6.07, 6.45) is 3.44. The van der Waals surface area contributed by atoms with Gasteiger partial charge in [0.25, 0.3) is 0 Å². The van der Waals surface area contributed by atoms with Crippen molar-refractivity contribution < 1.29 is 9.53 Å². The van der Waals surface area contributed by atoms with E-state index in [1.54, 1.807) is 12.4 Å². The Hall–Kier alpha value is -3.22. The van der Waals surface area contributed by atoms with Crippen LogP contribution in [-0.4, -0.2) is 53.7 Å². The number of carbonyl (C=O) groups excluding carboxylic acids is 1. The number of fused-ring (bicyclic) bond motifs is 1. The summed E-state index contributed by atoms with van der Waals surface area (Å²) < 4.78 is 5.31. The molecule has 4 rings (SSSR count). The van der Waals surface area contributed by atoms with Crippen LogP contribution in [0.2, 0.25) is 0 Å². The third-order valence-electron chi connectivity index (χ3n) is 5.17. The predicted molar refractivity (Wildman–Crippen MR) is 114 cm³/mol. The second-order valence-electron chi connectivity index (χ2n) is 7.20. The van der Waals surface area contributed by atoms with Gasteiger partial charge in [0.15, 0.2) is 0 Å². The lowest BCUT2D eigenvalue weighted by Crippen LogP contribution is -2.47. The van der Waals surface area contributed by atoms with Crippen molar-refractivity contribution >= 4 is 28.4 Å². The number of pyridine rings is 1. The number of piperazine rings is 1. The molecule has 0 spiro atoms. The fraction of sp³-hybridized carbons (Fsp3) is 0.364. The summed E-state index contributed by atoms with van der Waals surface area (Å²) in [4.78, 5) is 30.4. The van der Waals surface area contributed by atoms with Crippen molar-refractivity contribution in [1.29, 1.82) is 0 Å². The number of aryl methyl sites for hydroxylation is 2. The summed E-state index contributed by atoms with van der Waals surface area (Å²) in [6.45, 7) is 9.30. The Morgan fingerprint density at radius 3 is 2.55 bits per heavy atom. The van der Waals surface area contributed by atoms with E-state index >= 15 is 0 Å². The van der Waals surface area contributed by atoms with Crippen LogP contribution in [0.5, 0.6) is 0 Å². The van der Waals surface area contributed by atoms with Crippen LogP contribution < -0.4 is 9.80 Å². The first-order chi connectivity index (χ1) is 14.1. The van der Waals surface area contributed by atoms with Gasteiger partial charge in [0.1, 0.15) is 17.2 Å². The third kappa shape index (κ3) is 3.85. The average Bonchev–Trinajstić information content (AvgIpc) is 2.73. The highest BCUT2D eigenvalue weighted by Crippen LogP contribution is 2.32. The maximum Gasteiger partial charge on any atom is 0.341 e. The largest absolute Gasteiger partial charge is 0.462 e. The smallest absolute Gasteiger partial charge is 0.341 e. The van der Waals surface area contributed by atoms with Crippen LogP contribution in [0, 0.1) is 13.8 Å². The van der Waals surface area contributed by atoms with Gasteiger partial charge in [-0.2, -0.15) is 0 Å². The van der Waals surface area contributed by atoms with Crippen LogP contribution in [-0.2, 0) is 4.74 Å². The molecule has 0 amide bonds. The number of benzene rings is 1. The van der Waals surface area contributed by atoms with Crippen molar-refractivity contribution in [3.05, 3.63) is 53.6 Å². The number of esters is 1. The van der Waals surface area contributed by atoms with Gasteiger partial charge < -0.3 is 14.5 Å². The SMILES string of the molecule is CCOC(=O)c1cnc2ccc(C)cc2c1N1CCN(c2ccnc(C)n2)CC1. The maximum atomic E-state index is 12.6. The van der Waals surface area contributed by atoms with E-state index in [4.69, 9.17) is 4.74 Å². The fourth-order valence-corrected chi connectivity index (χ4v) is 3.77. The quantitative estimate of drug-likeness (QED) is 0.633. The van der Waals surface area contributed by atoms with E-state index in [1.807, 2.05) is 32.0 Å². The second-order valence-corrected chi connectivity index (χ2v) is 7.20. The molecular formula is C22H25N5O2. The molecular weight excluding hydrogens is 366 g/mol. The molecule has 150 valence electrons. The van der Waals surface area contributed by atoms with Gasteiger partial charge in [0.05, 0.1) is 17.8 Å². The summed E-state index contributed by atoms with van der Waals surface area (Å²) in [6, 6.07) is 8.08. The van der Waals surface area contributed by atoms with Crippen LogP contribution in [0.4, 0.5) is 11.5 Å². The fourth-order valence-electron chi connectivity index (χ4n) is 3.77. The van der Waals surface area contributed by atoms with Crippen LogP contribution in [0.15, 0.2) is 36.7 Å². The molecule has 2 aromatic heterocycles. The highest BCUT2D eigenvalue weighted by Gasteiger charge is 2.25. The van der Waals surface area contributed by atoms with Gasteiger partial charge in [-0.15, -0.1) is 0 Å². The zero-order valence-electron chi connectivity index (χ0n) is 17.1. The zero-order valence-corrected chi connectivity index (χ0v) is 17.1. The lowest BCUT2D eigenvalue weighted by Gasteiger charge is -2.37. The molecule has 7 heteroatoms. The molecule has 29 heavy (non-hydrogen) atoms. The van der Waals surface area contributed by atoms with Crippen molar-refractivity contribution in [1.82, 2.24) is 15.0 Å². The van der Waals surface area contributed by atoms with E-state index in [1.165, 1.54) is 0 Å². The topological polar surface area (TPSA) is 71.5 Å². The highest BCUT2D eigenvalue weighted by molar-refractivity contribution is 6.05. The highest BCUT2D eigenvalue weighted by atomic mass is 16.5. The normalized spacial score (nSPS) is 14.3. The van der Waals surface area contributed by atoms with Crippen LogP contribution >= 0.6 is 0 Å². The molecule has 1 fully saturated rings. The molecule has 0 atom stereocenters. The molecule has 0 radical (unpaired) electrons. The van der Waals surface area contributed by atoms with Crippen molar-refractivity contribution in [3.8, 4) is 0 Å². The van der Waals surface area contributed by atoms with E-state index in [0.717, 1.165) is 60.0 Å².